The van der Waals surface area contributed by atoms with Gasteiger partial charge < -0.3 is 5.32 Å². The van der Waals surface area contributed by atoms with E-state index in [0.717, 1.165) is 11.3 Å². The van der Waals surface area contributed by atoms with Crippen LogP contribution in [0.5, 0.6) is 0 Å². The molecule has 0 aliphatic heterocycles. The Bertz CT molecular complexity index is 770. The molecule has 3 nitrogen and oxygen atoms in total. The van der Waals surface area contributed by atoms with Gasteiger partial charge in [-0.2, -0.15) is 0 Å². The molecule has 0 fully saturated rings. The molecule has 19 heavy (non-hydrogen) atoms. The molecular formula is C16H11NO2. The van der Waals surface area contributed by atoms with Crippen molar-refractivity contribution in [1.29, 1.82) is 0 Å². The van der Waals surface area contributed by atoms with Crippen LogP contribution in [0.15, 0.2) is 70.3 Å². The highest BCUT2D eigenvalue weighted by Gasteiger charge is 2.21. The number of nitrogens with one attached hydrogen (secondary N) is 1. The van der Waals surface area contributed by atoms with E-state index in [1.54, 1.807) is 0 Å². The van der Waals surface area contributed by atoms with E-state index >= 15 is 0 Å². The third-order valence-electron chi connectivity index (χ3n) is 3.02. The fourth-order valence-corrected chi connectivity index (χ4v) is 2.06. The van der Waals surface area contributed by atoms with Gasteiger partial charge in [-0.1, -0.05) is 48.5 Å². The van der Waals surface area contributed by atoms with Gasteiger partial charge in [-0.15, -0.1) is 0 Å². The molecule has 0 aromatic heterocycles. The molecule has 3 aromatic carbocycles. The first-order chi connectivity index (χ1) is 9.27. The summed E-state index contributed by atoms with van der Waals surface area (Å²) in [5, 5.41) is 3.02. The van der Waals surface area contributed by atoms with Gasteiger partial charge in [0.25, 0.3) is 5.43 Å². The molecule has 3 aromatic rings. The summed E-state index contributed by atoms with van der Waals surface area (Å²) < 4.78 is 0. The van der Waals surface area contributed by atoms with Crippen LogP contribution < -0.4 is 16.2 Å². The van der Waals surface area contributed by atoms with Crippen LogP contribution in [0.1, 0.15) is 0 Å². The van der Waals surface area contributed by atoms with E-state index in [0.29, 0.717) is 11.3 Å². The lowest BCUT2D eigenvalue weighted by Gasteiger charge is -2.13. The van der Waals surface area contributed by atoms with Gasteiger partial charge in [0, 0.05) is 5.69 Å². The summed E-state index contributed by atoms with van der Waals surface area (Å²) in [5.41, 5.74) is 1.53. The van der Waals surface area contributed by atoms with Crippen molar-refractivity contribution in [3.63, 3.8) is 0 Å². The zero-order chi connectivity index (χ0) is 13.2. The summed E-state index contributed by atoms with van der Waals surface area (Å²) in [5.74, 6) is 0. The van der Waals surface area contributed by atoms with Gasteiger partial charge in [0.1, 0.15) is 5.69 Å². The highest BCUT2D eigenvalue weighted by molar-refractivity contribution is 5.84. The summed E-state index contributed by atoms with van der Waals surface area (Å²) in [4.78, 5) is 23.4. The van der Waals surface area contributed by atoms with E-state index in [1.807, 2.05) is 60.7 Å². The lowest BCUT2D eigenvalue weighted by Crippen LogP contribution is -2.35. The Hall–Kier alpha value is -2.68. The third kappa shape index (κ3) is 1.95. The van der Waals surface area contributed by atoms with Crippen molar-refractivity contribution in [2.75, 3.05) is 5.32 Å². The second-order valence-electron chi connectivity index (χ2n) is 4.27. The molecule has 92 valence electrons. The van der Waals surface area contributed by atoms with Gasteiger partial charge in [-0.05, 0) is 17.7 Å². The second-order valence-corrected chi connectivity index (χ2v) is 4.27. The zero-order valence-electron chi connectivity index (χ0n) is 10.1. The Morgan fingerprint density at radius 1 is 0.684 bits per heavy atom. The van der Waals surface area contributed by atoms with Crippen LogP contribution in [-0.2, 0) is 0 Å². The minimum atomic E-state index is -0.456. The summed E-state index contributed by atoms with van der Waals surface area (Å²) in [6.07, 6.45) is 0. The maximum atomic E-state index is 11.7. The first-order valence-electron chi connectivity index (χ1n) is 5.98. The summed E-state index contributed by atoms with van der Waals surface area (Å²) in [6, 6.07) is 18.6. The second kappa shape index (κ2) is 4.53. The quantitative estimate of drug-likeness (QED) is 0.726. The maximum Gasteiger partial charge on any atom is 0.250 e. The lowest BCUT2D eigenvalue weighted by molar-refractivity contribution is 1.38. The topological polar surface area (TPSA) is 46.2 Å². The van der Waals surface area contributed by atoms with Crippen LogP contribution in [-0.4, -0.2) is 0 Å². The SMILES string of the molecule is O=c1c(Nc2ccccc2)c(-c2ccccc2)c1=O. The normalized spacial score (nSPS) is 10.5. The van der Waals surface area contributed by atoms with Gasteiger partial charge in [-0.25, -0.2) is 0 Å². The number of anilines is 2. The Morgan fingerprint density at radius 3 is 1.89 bits per heavy atom. The molecule has 0 bridgehead atoms. The lowest BCUT2D eigenvalue weighted by atomic mass is 9.98. The third-order valence-corrected chi connectivity index (χ3v) is 3.02. The average molecular weight is 249 g/mol. The van der Waals surface area contributed by atoms with Gasteiger partial charge in [0.05, 0.1) is 5.56 Å². The molecule has 0 atom stereocenters. The van der Waals surface area contributed by atoms with Crippen LogP contribution in [0.4, 0.5) is 11.4 Å². The molecule has 3 rings (SSSR count). The van der Waals surface area contributed by atoms with Crippen LogP contribution in [0, 0.1) is 0 Å². The van der Waals surface area contributed by atoms with Crippen LogP contribution in [0.25, 0.3) is 11.1 Å². The van der Waals surface area contributed by atoms with E-state index < -0.39 is 10.9 Å². The molecule has 0 unspecified atom stereocenters. The van der Waals surface area contributed by atoms with Crippen molar-refractivity contribution in [2.45, 2.75) is 0 Å². The summed E-state index contributed by atoms with van der Waals surface area (Å²) in [7, 11) is 0. The monoisotopic (exact) mass is 249 g/mol. The number of rotatable bonds is 3. The highest BCUT2D eigenvalue weighted by atomic mass is 16.2. The van der Waals surface area contributed by atoms with Crippen molar-refractivity contribution < 1.29 is 0 Å². The van der Waals surface area contributed by atoms with Crippen molar-refractivity contribution in [3.05, 3.63) is 81.1 Å². The minimum absolute atomic E-state index is 0.377. The van der Waals surface area contributed by atoms with E-state index in [4.69, 9.17) is 0 Å². The molecule has 0 radical (unpaired) electrons. The van der Waals surface area contributed by atoms with Crippen molar-refractivity contribution in [1.82, 2.24) is 0 Å². The number of para-hydroxylation sites is 1. The van der Waals surface area contributed by atoms with Gasteiger partial charge in [0.2, 0.25) is 5.43 Å². The number of hydrogen-bond acceptors (Lipinski definition) is 3. The fourth-order valence-electron chi connectivity index (χ4n) is 2.06. The van der Waals surface area contributed by atoms with Gasteiger partial charge in [0.15, 0.2) is 0 Å². The zero-order valence-corrected chi connectivity index (χ0v) is 10.1. The van der Waals surface area contributed by atoms with E-state index in [2.05, 4.69) is 5.32 Å². The average Bonchev–Trinajstić information content (AvgIpc) is 2.48. The molecule has 0 saturated heterocycles. The standard InChI is InChI=1S/C16H11NO2/c18-15-13(11-7-3-1-4-8-11)14(16(15)19)17-12-9-5-2-6-10-12/h1-10,17H. The van der Waals surface area contributed by atoms with E-state index in [-0.39, 0.29) is 0 Å². The van der Waals surface area contributed by atoms with Crippen LogP contribution in [0.2, 0.25) is 0 Å². The van der Waals surface area contributed by atoms with E-state index in [9.17, 15) is 9.59 Å². The Kier molecular flexibility index (Phi) is 2.72. The predicted molar refractivity (Wildman–Crippen MR) is 76.5 cm³/mol. The predicted octanol–water partition coefficient (Wildman–Crippen LogP) is 2.69. The summed E-state index contributed by atoms with van der Waals surface area (Å²) >= 11 is 0. The molecule has 0 saturated carbocycles. The molecule has 0 aliphatic rings. The van der Waals surface area contributed by atoms with Crippen LogP contribution in [0.3, 0.4) is 0 Å². The Labute approximate surface area is 109 Å². The first-order valence-corrected chi connectivity index (χ1v) is 5.98. The van der Waals surface area contributed by atoms with Crippen molar-refractivity contribution in [3.8, 4) is 11.1 Å². The van der Waals surface area contributed by atoms with Crippen molar-refractivity contribution >= 4 is 11.4 Å². The molecule has 3 heteroatoms. The Morgan fingerprint density at radius 2 is 1.26 bits per heavy atom. The van der Waals surface area contributed by atoms with Gasteiger partial charge >= 0.3 is 0 Å². The molecule has 0 amide bonds. The number of hydrogen-bond donors (Lipinski definition) is 1. The molecule has 0 heterocycles. The van der Waals surface area contributed by atoms with Crippen LogP contribution >= 0.6 is 0 Å². The smallest absolute Gasteiger partial charge is 0.250 e. The highest BCUT2D eigenvalue weighted by Crippen LogP contribution is 2.25. The largest absolute Gasteiger partial charge is 0.352 e. The molecule has 0 aliphatic carbocycles. The number of benzene rings is 2. The van der Waals surface area contributed by atoms with Crippen molar-refractivity contribution in [2.24, 2.45) is 0 Å². The minimum Gasteiger partial charge on any atom is -0.352 e. The maximum absolute atomic E-state index is 11.7. The molecule has 0 spiro atoms. The first kappa shape index (κ1) is 11.4. The van der Waals surface area contributed by atoms with Gasteiger partial charge in [-0.3, -0.25) is 9.59 Å². The Balaban J connectivity index is 2.03. The summed E-state index contributed by atoms with van der Waals surface area (Å²) in [6.45, 7) is 0. The van der Waals surface area contributed by atoms with E-state index in [1.165, 1.54) is 0 Å². The molecule has 1 N–H and O–H groups in total. The molecular weight excluding hydrogens is 238 g/mol. The fraction of sp³-hybridized carbons (Fsp3) is 0.